The highest BCUT2D eigenvalue weighted by Gasteiger charge is 2.48. The Morgan fingerprint density at radius 1 is 1.21 bits per heavy atom. The van der Waals surface area contributed by atoms with Gasteiger partial charge in [-0.1, -0.05) is 6.07 Å². The van der Waals surface area contributed by atoms with Gasteiger partial charge in [0.1, 0.15) is 0 Å². The zero-order valence-corrected chi connectivity index (χ0v) is 12.0. The van der Waals surface area contributed by atoms with E-state index in [-0.39, 0.29) is 11.4 Å². The van der Waals surface area contributed by atoms with E-state index in [0.29, 0.717) is 0 Å². The van der Waals surface area contributed by atoms with E-state index in [0.717, 1.165) is 22.6 Å². The fourth-order valence-corrected chi connectivity index (χ4v) is 5.64. The fourth-order valence-electron chi connectivity index (χ4n) is 5.02. The summed E-state index contributed by atoms with van der Waals surface area (Å²) in [6.45, 7) is 0. The van der Waals surface area contributed by atoms with E-state index < -0.39 is 0 Å². The van der Waals surface area contributed by atoms with Crippen LogP contribution in [-0.4, -0.2) is 11.4 Å². The van der Waals surface area contributed by atoms with Crippen LogP contribution in [0.15, 0.2) is 17.5 Å². The van der Waals surface area contributed by atoms with Crippen LogP contribution in [0, 0.1) is 17.8 Å². The number of carbonyl (C=O) groups excluding carboxylic acids is 1. The highest BCUT2D eigenvalue weighted by molar-refractivity contribution is 7.12. The molecular weight excluding hydrogens is 254 g/mol. The van der Waals surface area contributed by atoms with Crippen LogP contribution in [0.3, 0.4) is 0 Å². The molecule has 0 radical (unpaired) electrons. The van der Waals surface area contributed by atoms with Gasteiger partial charge in [-0.15, -0.1) is 11.3 Å². The highest BCUT2D eigenvalue weighted by atomic mass is 32.1. The molecule has 1 amide bonds. The number of thiophene rings is 1. The van der Waals surface area contributed by atoms with E-state index in [9.17, 15) is 4.79 Å². The molecule has 5 rings (SSSR count). The summed E-state index contributed by atoms with van der Waals surface area (Å²) in [5.74, 6) is 2.87. The minimum absolute atomic E-state index is 0.125. The first-order valence-electron chi connectivity index (χ1n) is 7.58. The van der Waals surface area contributed by atoms with Gasteiger partial charge in [0.05, 0.1) is 4.88 Å². The third-order valence-corrected chi connectivity index (χ3v) is 6.38. The lowest BCUT2D eigenvalue weighted by Crippen LogP contribution is -2.52. The van der Waals surface area contributed by atoms with Crippen molar-refractivity contribution in [3.8, 4) is 0 Å². The van der Waals surface area contributed by atoms with Crippen LogP contribution in [-0.2, 0) is 0 Å². The van der Waals surface area contributed by atoms with Gasteiger partial charge in [0, 0.05) is 5.54 Å². The Morgan fingerprint density at radius 3 is 2.63 bits per heavy atom. The molecule has 1 N–H and O–H groups in total. The van der Waals surface area contributed by atoms with E-state index >= 15 is 0 Å². The first kappa shape index (κ1) is 12.0. The number of nitrogens with one attached hydrogen (secondary N) is 1. The quantitative estimate of drug-likeness (QED) is 0.873. The van der Waals surface area contributed by atoms with Gasteiger partial charge in [0.2, 0.25) is 0 Å². The third kappa shape index (κ3) is 2.12. The first-order valence-corrected chi connectivity index (χ1v) is 8.46. The van der Waals surface area contributed by atoms with Crippen molar-refractivity contribution >= 4 is 17.2 Å². The Morgan fingerprint density at radius 2 is 1.95 bits per heavy atom. The SMILES string of the molecule is O=C(NC12CCC3C[C@H](C[C@@H](C3)C1)C2)c1cccs1. The summed E-state index contributed by atoms with van der Waals surface area (Å²) in [7, 11) is 0. The van der Waals surface area contributed by atoms with Gasteiger partial charge in [-0.2, -0.15) is 0 Å². The molecular formula is C16H21NOS. The lowest BCUT2D eigenvalue weighted by atomic mass is 9.65. The maximum Gasteiger partial charge on any atom is 0.261 e. The Hall–Kier alpha value is -0.830. The molecule has 4 aliphatic rings. The maximum atomic E-state index is 12.4. The lowest BCUT2D eigenvalue weighted by Gasteiger charge is -2.45. The maximum absolute atomic E-state index is 12.4. The standard InChI is InChI=1S/C16H21NOS/c18-15(14-2-1-5-19-14)17-16-4-3-11-6-12(9-16)8-13(7-11)10-16/h1-2,5,11-13H,3-4,6-10H2,(H,17,18)/t11?,12-,13-,16?/m1/s1. The van der Waals surface area contributed by atoms with Crippen LogP contribution in [0.25, 0.3) is 0 Å². The Labute approximate surface area is 118 Å². The molecule has 4 aliphatic carbocycles. The average molecular weight is 275 g/mol. The normalized spacial score (nSPS) is 40.1. The molecule has 19 heavy (non-hydrogen) atoms. The van der Waals surface area contributed by atoms with Crippen molar-refractivity contribution in [3.63, 3.8) is 0 Å². The van der Waals surface area contributed by atoms with Gasteiger partial charge in [0.25, 0.3) is 5.91 Å². The summed E-state index contributed by atoms with van der Waals surface area (Å²) in [6, 6.07) is 3.90. The van der Waals surface area contributed by atoms with Crippen molar-refractivity contribution in [2.24, 2.45) is 17.8 Å². The fraction of sp³-hybridized carbons (Fsp3) is 0.688. The predicted molar refractivity (Wildman–Crippen MR) is 77.3 cm³/mol. The average Bonchev–Trinajstić information content (AvgIpc) is 2.83. The molecule has 2 atom stereocenters. The Bertz CT molecular complexity index is 467. The van der Waals surface area contributed by atoms with Crippen LogP contribution in [0.4, 0.5) is 0 Å². The summed E-state index contributed by atoms with van der Waals surface area (Å²) >= 11 is 1.55. The molecule has 4 saturated carbocycles. The van der Waals surface area contributed by atoms with Crippen LogP contribution < -0.4 is 5.32 Å². The van der Waals surface area contributed by atoms with Crippen molar-refractivity contribution in [1.82, 2.24) is 5.32 Å². The molecule has 0 saturated heterocycles. The van der Waals surface area contributed by atoms with Crippen LogP contribution in [0.5, 0.6) is 0 Å². The second kappa shape index (κ2) is 4.34. The van der Waals surface area contributed by atoms with Crippen molar-refractivity contribution < 1.29 is 4.79 Å². The summed E-state index contributed by atoms with van der Waals surface area (Å²) in [5.41, 5.74) is 0.125. The summed E-state index contributed by atoms with van der Waals surface area (Å²) in [5, 5.41) is 5.42. The van der Waals surface area contributed by atoms with Gasteiger partial charge in [-0.05, 0) is 74.1 Å². The Balaban J connectivity index is 1.57. The van der Waals surface area contributed by atoms with E-state index in [1.807, 2.05) is 17.5 Å². The second-order valence-electron chi connectivity index (χ2n) is 6.96. The molecule has 0 aliphatic heterocycles. The van der Waals surface area contributed by atoms with E-state index in [1.165, 1.54) is 44.9 Å². The molecule has 4 fully saturated rings. The molecule has 1 aromatic rings. The molecule has 1 aromatic heterocycles. The van der Waals surface area contributed by atoms with Crippen LogP contribution in [0.1, 0.15) is 54.6 Å². The minimum Gasteiger partial charge on any atom is -0.346 e. The van der Waals surface area contributed by atoms with Gasteiger partial charge < -0.3 is 5.32 Å². The first-order chi connectivity index (χ1) is 9.22. The topological polar surface area (TPSA) is 29.1 Å². The molecule has 4 bridgehead atoms. The van der Waals surface area contributed by atoms with Crippen molar-refractivity contribution in [2.45, 2.75) is 50.5 Å². The van der Waals surface area contributed by atoms with Gasteiger partial charge in [-0.25, -0.2) is 0 Å². The van der Waals surface area contributed by atoms with Gasteiger partial charge >= 0.3 is 0 Å². The van der Waals surface area contributed by atoms with E-state index in [4.69, 9.17) is 0 Å². The molecule has 0 spiro atoms. The summed E-state index contributed by atoms with van der Waals surface area (Å²) in [6.07, 6.45) is 9.28. The monoisotopic (exact) mass is 275 g/mol. The van der Waals surface area contributed by atoms with Crippen molar-refractivity contribution in [2.75, 3.05) is 0 Å². The second-order valence-corrected chi connectivity index (χ2v) is 7.91. The number of amides is 1. The van der Waals surface area contributed by atoms with E-state index in [2.05, 4.69) is 5.32 Å². The van der Waals surface area contributed by atoms with Crippen molar-refractivity contribution in [1.29, 1.82) is 0 Å². The van der Waals surface area contributed by atoms with Crippen LogP contribution >= 0.6 is 11.3 Å². The number of fused-ring (bicyclic) bond motifs is 1. The molecule has 3 heteroatoms. The summed E-state index contributed by atoms with van der Waals surface area (Å²) < 4.78 is 0. The largest absolute Gasteiger partial charge is 0.346 e. The number of rotatable bonds is 2. The zero-order valence-electron chi connectivity index (χ0n) is 11.2. The van der Waals surface area contributed by atoms with Gasteiger partial charge in [0.15, 0.2) is 0 Å². The summed E-state index contributed by atoms with van der Waals surface area (Å²) in [4.78, 5) is 13.3. The zero-order chi connectivity index (χ0) is 12.9. The molecule has 0 aromatic carbocycles. The molecule has 0 unspecified atom stereocenters. The van der Waals surface area contributed by atoms with Crippen LogP contribution in [0.2, 0.25) is 0 Å². The third-order valence-electron chi connectivity index (χ3n) is 5.51. The molecule has 2 nitrogen and oxygen atoms in total. The number of hydrogen-bond donors (Lipinski definition) is 1. The minimum atomic E-state index is 0.125. The number of hydrogen-bond acceptors (Lipinski definition) is 2. The van der Waals surface area contributed by atoms with E-state index in [1.54, 1.807) is 11.3 Å². The smallest absolute Gasteiger partial charge is 0.261 e. The lowest BCUT2D eigenvalue weighted by molar-refractivity contribution is 0.0718. The van der Waals surface area contributed by atoms with Gasteiger partial charge in [-0.3, -0.25) is 4.79 Å². The number of carbonyl (C=O) groups is 1. The highest BCUT2D eigenvalue weighted by Crippen LogP contribution is 2.53. The Kier molecular flexibility index (Phi) is 2.73. The molecule has 102 valence electrons. The predicted octanol–water partition coefficient (Wildman–Crippen LogP) is 3.84. The molecule has 1 heterocycles. The van der Waals surface area contributed by atoms with Crippen molar-refractivity contribution in [3.05, 3.63) is 22.4 Å².